The fourth-order valence-electron chi connectivity index (χ4n) is 3.22. The van der Waals surface area contributed by atoms with Crippen molar-refractivity contribution in [1.29, 1.82) is 0 Å². The Bertz CT molecular complexity index is 829. The lowest BCUT2D eigenvalue weighted by atomic mass is 10.0. The third-order valence-electron chi connectivity index (χ3n) is 4.69. The van der Waals surface area contributed by atoms with Gasteiger partial charge in [0.15, 0.2) is 12.4 Å². The first-order valence-corrected chi connectivity index (χ1v) is 10.0. The topological polar surface area (TPSA) is 72.5 Å². The minimum absolute atomic E-state index is 0.0241. The van der Waals surface area contributed by atoms with E-state index in [-0.39, 0.29) is 37.2 Å². The number of benzene rings is 1. The largest absolute Gasteiger partial charge is 0.456 e. The number of ether oxygens (including phenoxy) is 1. The van der Waals surface area contributed by atoms with Crippen LogP contribution in [0.5, 0.6) is 0 Å². The molecule has 1 aromatic carbocycles. The first kappa shape index (κ1) is 19.3. The minimum Gasteiger partial charge on any atom is -0.456 e. The highest BCUT2D eigenvalue weighted by atomic mass is 32.1. The molecule has 1 amide bonds. The SMILES string of the molecule is C[C@H](NC(=O)COC(=O)CCC(=O)c1ccc2c(c1)CCC2)c1cccs1. The van der Waals surface area contributed by atoms with Crippen LogP contribution in [0.1, 0.15) is 58.6 Å². The molecule has 5 nitrogen and oxygen atoms in total. The number of carbonyl (C=O) groups excluding carboxylic acids is 3. The molecule has 2 aromatic rings. The van der Waals surface area contributed by atoms with Crippen LogP contribution in [0.25, 0.3) is 0 Å². The average molecular weight is 385 g/mol. The van der Waals surface area contributed by atoms with Crippen molar-refractivity contribution in [2.45, 2.75) is 45.1 Å². The van der Waals surface area contributed by atoms with Gasteiger partial charge in [-0.3, -0.25) is 14.4 Å². The molecule has 1 atom stereocenters. The second kappa shape index (κ2) is 8.95. The predicted molar refractivity (Wildman–Crippen MR) is 104 cm³/mol. The first-order valence-electron chi connectivity index (χ1n) is 9.16. The number of Topliss-reactive ketones (excluding diaryl/α,β-unsaturated/α-hetero) is 1. The van der Waals surface area contributed by atoms with E-state index in [2.05, 4.69) is 5.32 Å². The van der Waals surface area contributed by atoms with Crippen molar-refractivity contribution in [3.63, 3.8) is 0 Å². The summed E-state index contributed by atoms with van der Waals surface area (Å²) in [6, 6.07) is 9.50. The summed E-state index contributed by atoms with van der Waals surface area (Å²) in [5, 5.41) is 4.72. The maximum Gasteiger partial charge on any atom is 0.306 e. The summed E-state index contributed by atoms with van der Waals surface area (Å²) in [5.41, 5.74) is 3.19. The van der Waals surface area contributed by atoms with Gasteiger partial charge in [-0.15, -0.1) is 11.3 Å². The van der Waals surface area contributed by atoms with E-state index in [1.54, 1.807) is 11.3 Å². The number of esters is 1. The predicted octanol–water partition coefficient (Wildman–Crippen LogP) is 3.62. The zero-order valence-electron chi connectivity index (χ0n) is 15.3. The van der Waals surface area contributed by atoms with Gasteiger partial charge in [-0.05, 0) is 54.8 Å². The fourth-order valence-corrected chi connectivity index (χ4v) is 3.95. The lowest BCUT2D eigenvalue weighted by molar-refractivity contribution is -0.148. The van der Waals surface area contributed by atoms with Crippen LogP contribution in [0.2, 0.25) is 0 Å². The van der Waals surface area contributed by atoms with Crippen LogP contribution in [-0.4, -0.2) is 24.3 Å². The van der Waals surface area contributed by atoms with Gasteiger partial charge >= 0.3 is 5.97 Å². The maximum absolute atomic E-state index is 12.3. The highest BCUT2D eigenvalue weighted by molar-refractivity contribution is 7.10. The van der Waals surface area contributed by atoms with Gasteiger partial charge in [0.2, 0.25) is 0 Å². The van der Waals surface area contributed by atoms with Crippen molar-refractivity contribution in [3.05, 3.63) is 57.3 Å². The van der Waals surface area contributed by atoms with Crippen LogP contribution >= 0.6 is 11.3 Å². The first-order chi connectivity index (χ1) is 13.0. The Morgan fingerprint density at radius 2 is 1.96 bits per heavy atom. The van der Waals surface area contributed by atoms with E-state index in [0.717, 1.165) is 24.1 Å². The fraction of sp³-hybridized carbons (Fsp3) is 0.381. The van der Waals surface area contributed by atoms with Crippen LogP contribution in [0.4, 0.5) is 0 Å². The van der Waals surface area contributed by atoms with Crippen molar-refractivity contribution < 1.29 is 19.1 Å². The van der Waals surface area contributed by atoms with Gasteiger partial charge in [0.1, 0.15) is 0 Å². The van der Waals surface area contributed by atoms with Gasteiger partial charge in [-0.1, -0.05) is 18.2 Å². The molecule has 1 N–H and O–H groups in total. The smallest absolute Gasteiger partial charge is 0.306 e. The zero-order valence-corrected chi connectivity index (χ0v) is 16.1. The van der Waals surface area contributed by atoms with E-state index in [1.165, 1.54) is 11.1 Å². The summed E-state index contributed by atoms with van der Waals surface area (Å²) < 4.78 is 4.98. The molecule has 0 aliphatic heterocycles. The molecule has 3 rings (SSSR count). The number of carbonyl (C=O) groups is 3. The third kappa shape index (κ3) is 5.26. The van der Waals surface area contributed by atoms with E-state index in [1.807, 2.05) is 42.6 Å². The number of thiophene rings is 1. The molecule has 0 bridgehead atoms. The molecule has 0 saturated carbocycles. The van der Waals surface area contributed by atoms with Crippen molar-refractivity contribution in [2.75, 3.05) is 6.61 Å². The van der Waals surface area contributed by atoms with Crippen molar-refractivity contribution >= 4 is 29.0 Å². The normalized spacial score (nSPS) is 13.7. The molecule has 1 heterocycles. The average Bonchev–Trinajstić information content (AvgIpc) is 3.35. The van der Waals surface area contributed by atoms with Crippen molar-refractivity contribution in [1.82, 2.24) is 5.32 Å². The number of aryl methyl sites for hydroxylation is 2. The molecule has 0 spiro atoms. The second-order valence-electron chi connectivity index (χ2n) is 6.73. The summed E-state index contributed by atoms with van der Waals surface area (Å²) in [6.45, 7) is 1.54. The van der Waals surface area contributed by atoms with E-state index < -0.39 is 5.97 Å². The molecular formula is C21H23NO4S. The van der Waals surface area contributed by atoms with Crippen LogP contribution in [0, 0.1) is 0 Å². The molecule has 27 heavy (non-hydrogen) atoms. The second-order valence-corrected chi connectivity index (χ2v) is 7.70. The Labute approximate surface area is 162 Å². The quantitative estimate of drug-likeness (QED) is 0.556. The number of nitrogens with one attached hydrogen (secondary N) is 1. The Balaban J connectivity index is 1.39. The van der Waals surface area contributed by atoms with E-state index in [4.69, 9.17) is 4.74 Å². The van der Waals surface area contributed by atoms with Gasteiger partial charge in [-0.2, -0.15) is 0 Å². The Morgan fingerprint density at radius 1 is 1.15 bits per heavy atom. The number of amides is 1. The van der Waals surface area contributed by atoms with Gasteiger partial charge < -0.3 is 10.1 Å². The Morgan fingerprint density at radius 3 is 2.74 bits per heavy atom. The number of hydrogen-bond donors (Lipinski definition) is 1. The van der Waals surface area contributed by atoms with Gasteiger partial charge in [0.05, 0.1) is 12.5 Å². The highest BCUT2D eigenvalue weighted by Crippen LogP contribution is 2.23. The van der Waals surface area contributed by atoms with E-state index >= 15 is 0 Å². The van der Waals surface area contributed by atoms with E-state index in [9.17, 15) is 14.4 Å². The highest BCUT2D eigenvalue weighted by Gasteiger charge is 2.16. The number of fused-ring (bicyclic) bond motifs is 1. The molecule has 1 aliphatic rings. The number of hydrogen-bond acceptors (Lipinski definition) is 5. The zero-order chi connectivity index (χ0) is 19.2. The molecule has 1 aromatic heterocycles. The standard InChI is InChI=1S/C21H23NO4S/c1-14(19-6-3-11-27-19)22-20(24)13-26-21(25)10-9-18(23)17-8-7-15-4-2-5-16(15)12-17/h3,6-8,11-12,14H,2,4-5,9-10,13H2,1H3,(H,22,24)/t14-/m0/s1. The van der Waals surface area contributed by atoms with Crippen LogP contribution in [-0.2, 0) is 27.2 Å². The molecule has 0 fully saturated rings. The molecule has 1 aliphatic carbocycles. The summed E-state index contributed by atoms with van der Waals surface area (Å²) in [5.74, 6) is -0.963. The Kier molecular flexibility index (Phi) is 6.40. The molecule has 6 heteroatoms. The molecule has 142 valence electrons. The van der Waals surface area contributed by atoms with E-state index in [0.29, 0.717) is 5.56 Å². The van der Waals surface area contributed by atoms with Crippen molar-refractivity contribution in [3.8, 4) is 0 Å². The number of rotatable bonds is 8. The summed E-state index contributed by atoms with van der Waals surface area (Å²) in [6.07, 6.45) is 3.28. The number of ketones is 1. The Hall–Kier alpha value is -2.47. The lowest BCUT2D eigenvalue weighted by Gasteiger charge is -2.12. The molecular weight excluding hydrogens is 362 g/mol. The summed E-state index contributed by atoms with van der Waals surface area (Å²) in [4.78, 5) is 37.0. The lowest BCUT2D eigenvalue weighted by Crippen LogP contribution is -2.30. The summed E-state index contributed by atoms with van der Waals surface area (Å²) >= 11 is 1.55. The van der Waals surface area contributed by atoms with Crippen LogP contribution < -0.4 is 5.32 Å². The van der Waals surface area contributed by atoms with Gasteiger partial charge in [0, 0.05) is 16.9 Å². The van der Waals surface area contributed by atoms with Crippen LogP contribution in [0.15, 0.2) is 35.7 Å². The monoisotopic (exact) mass is 385 g/mol. The molecule has 0 unspecified atom stereocenters. The maximum atomic E-state index is 12.3. The molecule has 0 radical (unpaired) electrons. The summed E-state index contributed by atoms with van der Waals surface area (Å²) in [7, 11) is 0. The molecule has 0 saturated heterocycles. The van der Waals surface area contributed by atoms with Crippen molar-refractivity contribution in [2.24, 2.45) is 0 Å². The van der Waals surface area contributed by atoms with Gasteiger partial charge in [-0.25, -0.2) is 0 Å². The minimum atomic E-state index is -0.538. The third-order valence-corrected chi connectivity index (χ3v) is 5.74. The van der Waals surface area contributed by atoms with Gasteiger partial charge in [0.25, 0.3) is 5.91 Å². The van der Waals surface area contributed by atoms with Crippen LogP contribution in [0.3, 0.4) is 0 Å².